The molecule has 0 fully saturated rings. The van der Waals surface area contributed by atoms with Crippen LogP contribution in [0.5, 0.6) is 0 Å². The Morgan fingerprint density at radius 3 is 2.92 bits per heavy atom. The molecule has 0 saturated heterocycles. The van der Waals surface area contributed by atoms with E-state index in [0.29, 0.717) is 17.8 Å². The maximum Gasteiger partial charge on any atom is 0.0952 e. The molecule has 5 N–H and O–H groups in total. The van der Waals surface area contributed by atoms with Crippen molar-refractivity contribution in [2.24, 2.45) is 5.73 Å². The van der Waals surface area contributed by atoms with Crippen molar-refractivity contribution in [3.05, 3.63) is 77.2 Å². The van der Waals surface area contributed by atoms with Gasteiger partial charge in [-0.1, -0.05) is 18.2 Å². The molecule has 1 aliphatic heterocycles. The van der Waals surface area contributed by atoms with Crippen LogP contribution < -0.4 is 16.4 Å². The van der Waals surface area contributed by atoms with Crippen LogP contribution in [0, 0.1) is 12.3 Å². The summed E-state index contributed by atoms with van der Waals surface area (Å²) in [6, 6.07) is 3.75. The third-order valence-corrected chi connectivity index (χ3v) is 3.87. The van der Waals surface area contributed by atoms with E-state index < -0.39 is 0 Å². The molecule has 0 aromatic carbocycles. The van der Waals surface area contributed by atoms with Crippen LogP contribution in [-0.2, 0) is 0 Å². The largest absolute Gasteiger partial charge is 0.398 e. The van der Waals surface area contributed by atoms with E-state index in [9.17, 15) is 0 Å². The van der Waals surface area contributed by atoms with E-state index in [0.717, 1.165) is 35.6 Å². The lowest BCUT2D eigenvalue weighted by atomic mass is 9.96. The van der Waals surface area contributed by atoms with Crippen LogP contribution in [-0.4, -0.2) is 17.2 Å². The molecule has 0 aliphatic carbocycles. The van der Waals surface area contributed by atoms with Crippen LogP contribution in [0.2, 0.25) is 0 Å². The van der Waals surface area contributed by atoms with Crippen LogP contribution >= 0.6 is 0 Å². The van der Waals surface area contributed by atoms with Crippen molar-refractivity contribution >= 4 is 5.71 Å². The topological polar surface area (TPSA) is 86.8 Å². The maximum absolute atomic E-state index is 8.57. The zero-order valence-electron chi connectivity index (χ0n) is 14.3. The van der Waals surface area contributed by atoms with E-state index >= 15 is 0 Å². The second kappa shape index (κ2) is 8.15. The second-order valence-electron chi connectivity index (χ2n) is 5.88. The third kappa shape index (κ3) is 4.84. The van der Waals surface area contributed by atoms with Gasteiger partial charge >= 0.3 is 0 Å². The Morgan fingerprint density at radius 2 is 2.17 bits per heavy atom. The minimum Gasteiger partial charge on any atom is -0.398 e. The van der Waals surface area contributed by atoms with Crippen molar-refractivity contribution in [2.75, 3.05) is 6.54 Å². The van der Waals surface area contributed by atoms with Gasteiger partial charge in [-0.2, -0.15) is 0 Å². The summed E-state index contributed by atoms with van der Waals surface area (Å²) in [4.78, 5) is 4.19. The van der Waals surface area contributed by atoms with Gasteiger partial charge in [0.25, 0.3) is 0 Å². The fourth-order valence-electron chi connectivity index (χ4n) is 2.41. The highest BCUT2D eigenvalue weighted by molar-refractivity contribution is 6.11. The molecule has 2 rings (SSSR count). The minimum atomic E-state index is 0.431. The first-order valence-electron chi connectivity index (χ1n) is 7.99. The second-order valence-corrected chi connectivity index (χ2v) is 5.88. The normalized spacial score (nSPS) is 22.9. The molecule has 0 atom stereocenters. The summed E-state index contributed by atoms with van der Waals surface area (Å²) in [7, 11) is 0. The number of hydrogen-bond acceptors (Lipinski definition) is 5. The first-order chi connectivity index (χ1) is 11.5. The highest BCUT2D eigenvalue weighted by Gasteiger charge is 2.11. The summed E-state index contributed by atoms with van der Waals surface area (Å²) in [5, 5.41) is 14.8. The lowest BCUT2D eigenvalue weighted by molar-refractivity contribution is 0.739. The Hall–Kier alpha value is -2.82. The van der Waals surface area contributed by atoms with Crippen LogP contribution in [0.4, 0.5) is 0 Å². The summed E-state index contributed by atoms with van der Waals surface area (Å²) < 4.78 is 0. The van der Waals surface area contributed by atoms with Crippen molar-refractivity contribution in [1.29, 1.82) is 5.41 Å². The first kappa shape index (κ1) is 17.5. The summed E-state index contributed by atoms with van der Waals surface area (Å²) >= 11 is 0. The zero-order valence-corrected chi connectivity index (χ0v) is 14.3. The molecule has 24 heavy (non-hydrogen) atoms. The van der Waals surface area contributed by atoms with Crippen molar-refractivity contribution in [3.8, 4) is 0 Å². The van der Waals surface area contributed by atoms with Gasteiger partial charge in [0.15, 0.2) is 0 Å². The molecule has 1 aromatic rings. The van der Waals surface area contributed by atoms with E-state index in [-0.39, 0.29) is 0 Å². The van der Waals surface area contributed by atoms with Crippen LogP contribution in [0.3, 0.4) is 0 Å². The number of hydrogen-bond donors (Lipinski definition) is 4. The molecule has 0 radical (unpaired) electrons. The molecule has 5 heteroatoms. The SMILES string of the molecule is C=C1N/C=C/C(N)=C(/C(=N)c2ccnc(C)c2)C/C=C(\C)CCN1. The first-order valence-corrected chi connectivity index (χ1v) is 7.99. The number of rotatable bonds is 2. The fraction of sp³-hybridized carbons (Fsp3) is 0.263. The predicted octanol–water partition coefficient (Wildman–Crippen LogP) is 2.87. The van der Waals surface area contributed by atoms with Crippen molar-refractivity contribution in [3.63, 3.8) is 0 Å². The molecule has 1 aromatic heterocycles. The van der Waals surface area contributed by atoms with E-state index in [1.54, 1.807) is 18.5 Å². The van der Waals surface area contributed by atoms with Crippen molar-refractivity contribution in [1.82, 2.24) is 15.6 Å². The molecule has 0 amide bonds. The molecular formula is C19H25N5. The van der Waals surface area contributed by atoms with Crippen LogP contribution in [0.1, 0.15) is 31.0 Å². The number of aromatic nitrogens is 1. The van der Waals surface area contributed by atoms with Crippen molar-refractivity contribution in [2.45, 2.75) is 26.7 Å². The highest BCUT2D eigenvalue weighted by Crippen LogP contribution is 2.17. The lowest BCUT2D eigenvalue weighted by Crippen LogP contribution is -2.23. The van der Waals surface area contributed by atoms with Gasteiger partial charge in [-0.3, -0.25) is 10.4 Å². The molecule has 2 heterocycles. The molecule has 0 spiro atoms. The van der Waals surface area contributed by atoms with Gasteiger partial charge in [-0.15, -0.1) is 0 Å². The van der Waals surface area contributed by atoms with E-state index in [2.05, 4.69) is 35.2 Å². The van der Waals surface area contributed by atoms with E-state index in [1.165, 1.54) is 5.57 Å². The summed E-state index contributed by atoms with van der Waals surface area (Å²) in [6.07, 6.45) is 8.92. The van der Waals surface area contributed by atoms with Crippen LogP contribution in [0.25, 0.3) is 0 Å². The summed E-state index contributed by atoms with van der Waals surface area (Å²) in [6.45, 7) is 8.73. The fourth-order valence-corrected chi connectivity index (χ4v) is 2.41. The Bertz CT molecular complexity index is 725. The van der Waals surface area contributed by atoms with E-state index in [1.807, 2.05) is 19.1 Å². The number of aryl methyl sites for hydroxylation is 1. The zero-order chi connectivity index (χ0) is 17.5. The number of nitrogens with zero attached hydrogens (tertiary/aromatic N) is 1. The number of allylic oxidation sites excluding steroid dienone is 3. The molecule has 0 saturated carbocycles. The monoisotopic (exact) mass is 323 g/mol. The molecular weight excluding hydrogens is 298 g/mol. The summed E-state index contributed by atoms with van der Waals surface area (Å²) in [5.74, 6) is 0.730. The molecule has 0 unspecified atom stereocenters. The van der Waals surface area contributed by atoms with Crippen LogP contribution in [0.15, 0.2) is 65.9 Å². The molecule has 5 nitrogen and oxygen atoms in total. The molecule has 1 aliphatic rings. The smallest absolute Gasteiger partial charge is 0.0952 e. The van der Waals surface area contributed by atoms with Gasteiger partial charge < -0.3 is 16.4 Å². The maximum atomic E-state index is 8.57. The Balaban J connectivity index is 2.38. The standard InChI is InChI=1S/C19H25N5/c1-13-4-5-17(19(21)16-7-10-22-14(2)12-16)18(20)8-11-24-15(3)23-9-6-13/h4,7-8,10-12,21,23-24H,3,5-6,9,20H2,1-2H3/b11-8+,13-4+,18-17-,21-19?. The van der Waals surface area contributed by atoms with E-state index in [4.69, 9.17) is 11.1 Å². The highest BCUT2D eigenvalue weighted by atomic mass is 15.1. The van der Waals surface area contributed by atoms with Gasteiger partial charge in [-0.25, -0.2) is 0 Å². The quantitative estimate of drug-likeness (QED) is 0.498. The third-order valence-electron chi connectivity index (χ3n) is 3.87. The Kier molecular flexibility index (Phi) is 5.95. The lowest BCUT2D eigenvalue weighted by Gasteiger charge is -2.14. The Morgan fingerprint density at radius 1 is 1.38 bits per heavy atom. The summed E-state index contributed by atoms with van der Waals surface area (Å²) in [5.41, 5.74) is 11.0. The number of pyridine rings is 1. The minimum absolute atomic E-state index is 0.431. The van der Waals surface area contributed by atoms with Crippen molar-refractivity contribution < 1.29 is 0 Å². The van der Waals surface area contributed by atoms with Gasteiger partial charge in [0, 0.05) is 41.5 Å². The predicted molar refractivity (Wildman–Crippen MR) is 99.4 cm³/mol. The number of nitrogens with two attached hydrogens (primary N) is 1. The average molecular weight is 323 g/mol. The van der Waals surface area contributed by atoms with Gasteiger partial charge in [0.2, 0.25) is 0 Å². The molecule has 0 bridgehead atoms. The molecule has 126 valence electrons. The van der Waals surface area contributed by atoms with Gasteiger partial charge in [0.1, 0.15) is 0 Å². The Labute approximate surface area is 143 Å². The van der Waals surface area contributed by atoms with Gasteiger partial charge in [0.05, 0.1) is 11.5 Å². The number of nitrogens with one attached hydrogen (secondary N) is 3. The average Bonchev–Trinajstić information content (AvgIpc) is 2.54. The van der Waals surface area contributed by atoms with Gasteiger partial charge in [-0.05, 0) is 44.9 Å².